The van der Waals surface area contributed by atoms with E-state index >= 15 is 0 Å². The van der Waals surface area contributed by atoms with E-state index in [2.05, 4.69) is 15.9 Å². The highest BCUT2D eigenvalue weighted by Gasteiger charge is 2.31. The second kappa shape index (κ2) is 9.16. The Bertz CT molecular complexity index is 973. The Balaban J connectivity index is 1.84. The molecule has 0 aliphatic heterocycles. The fourth-order valence-corrected chi connectivity index (χ4v) is 4.35. The van der Waals surface area contributed by atoms with Gasteiger partial charge in [-0.1, -0.05) is 6.07 Å². The molecule has 1 aromatic heterocycles. The summed E-state index contributed by atoms with van der Waals surface area (Å²) < 4.78 is 69.7. The minimum absolute atomic E-state index is 0.389. The van der Waals surface area contributed by atoms with Gasteiger partial charge in [0.25, 0.3) is 0 Å². The lowest BCUT2D eigenvalue weighted by Crippen LogP contribution is -2.27. The third-order valence-corrected chi connectivity index (χ3v) is 6.43. The van der Waals surface area contributed by atoms with Crippen LogP contribution in [-0.4, -0.2) is 33.3 Å². The number of Topliss-reactive ketones (excluding diaryl/α,β-unsaturated/α-hetero) is 1. The maximum Gasteiger partial charge on any atom is 0.416 e. The van der Waals surface area contributed by atoms with Crippen LogP contribution in [0.1, 0.15) is 21.7 Å². The lowest BCUT2D eigenvalue weighted by atomic mass is 10.2. The van der Waals surface area contributed by atoms with E-state index < -0.39 is 51.6 Å². The van der Waals surface area contributed by atoms with Crippen LogP contribution in [0.4, 0.5) is 13.2 Å². The summed E-state index contributed by atoms with van der Waals surface area (Å²) in [5, 5.41) is 0. The Morgan fingerprint density at radius 1 is 1.18 bits per heavy atom. The molecule has 1 aromatic carbocycles. The Hall–Kier alpha value is -1.76. The second-order valence-electron chi connectivity index (χ2n) is 5.36. The van der Waals surface area contributed by atoms with E-state index in [-0.39, 0.29) is 6.42 Å². The van der Waals surface area contributed by atoms with Gasteiger partial charge < -0.3 is 4.74 Å². The molecule has 2 aromatic rings. The average Bonchev–Trinajstić information content (AvgIpc) is 3.05. The van der Waals surface area contributed by atoms with Gasteiger partial charge in [-0.05, 0) is 46.3 Å². The first-order valence-corrected chi connectivity index (χ1v) is 10.7. The zero-order chi connectivity index (χ0) is 20.9. The molecule has 152 valence electrons. The van der Waals surface area contributed by atoms with Crippen molar-refractivity contribution in [2.75, 3.05) is 13.2 Å². The Morgan fingerprint density at radius 3 is 2.50 bits per heavy atom. The number of ether oxygens (including phenoxy) is 1. The molecule has 0 atom stereocenters. The molecule has 0 unspecified atom stereocenters. The molecule has 0 aliphatic rings. The van der Waals surface area contributed by atoms with Crippen molar-refractivity contribution in [2.24, 2.45) is 0 Å². The van der Waals surface area contributed by atoms with Crippen LogP contribution in [0.2, 0.25) is 0 Å². The smallest absolute Gasteiger partial charge is 0.416 e. The largest absolute Gasteiger partial charge is 0.457 e. The number of sulfonamides is 1. The highest BCUT2D eigenvalue weighted by molar-refractivity contribution is 9.11. The van der Waals surface area contributed by atoms with Gasteiger partial charge in [0.1, 0.15) is 0 Å². The predicted octanol–water partition coefficient (Wildman–Crippen LogP) is 3.62. The minimum Gasteiger partial charge on any atom is -0.457 e. The van der Waals surface area contributed by atoms with Crippen molar-refractivity contribution in [1.82, 2.24) is 4.72 Å². The van der Waals surface area contributed by atoms with Gasteiger partial charge in [0.2, 0.25) is 15.8 Å². The summed E-state index contributed by atoms with van der Waals surface area (Å²) in [4.78, 5) is 23.2. The SMILES string of the molecule is O=C(CCNS(=O)(=O)c1cccc(C(F)(F)F)c1)OCC(=O)c1ccc(Br)s1. The summed E-state index contributed by atoms with van der Waals surface area (Å²) in [7, 11) is -4.24. The van der Waals surface area contributed by atoms with Gasteiger partial charge in [-0.15, -0.1) is 11.3 Å². The number of nitrogens with one attached hydrogen (secondary N) is 1. The van der Waals surface area contributed by atoms with E-state index in [9.17, 15) is 31.2 Å². The van der Waals surface area contributed by atoms with E-state index in [0.717, 1.165) is 22.0 Å². The van der Waals surface area contributed by atoms with Crippen LogP contribution in [0.3, 0.4) is 0 Å². The Morgan fingerprint density at radius 2 is 1.89 bits per heavy atom. The van der Waals surface area contributed by atoms with Crippen LogP contribution < -0.4 is 4.72 Å². The van der Waals surface area contributed by atoms with Crippen molar-refractivity contribution in [3.05, 3.63) is 50.6 Å². The zero-order valence-electron chi connectivity index (χ0n) is 14.0. The lowest BCUT2D eigenvalue weighted by Gasteiger charge is -2.10. The first kappa shape index (κ1) is 22.5. The summed E-state index contributed by atoms with van der Waals surface area (Å²) in [6.45, 7) is -0.887. The van der Waals surface area contributed by atoms with Gasteiger partial charge in [0.15, 0.2) is 6.61 Å². The number of esters is 1. The molecule has 0 spiro atoms. The van der Waals surface area contributed by atoms with Crippen molar-refractivity contribution in [1.29, 1.82) is 0 Å². The summed E-state index contributed by atoms with van der Waals surface area (Å²) in [6, 6.07) is 6.46. The lowest BCUT2D eigenvalue weighted by molar-refractivity contribution is -0.142. The van der Waals surface area contributed by atoms with E-state index in [1.54, 1.807) is 12.1 Å². The first-order valence-electron chi connectivity index (χ1n) is 7.60. The number of ketones is 1. The number of carbonyl (C=O) groups excluding carboxylic acids is 2. The number of halogens is 4. The zero-order valence-corrected chi connectivity index (χ0v) is 17.2. The van der Waals surface area contributed by atoms with Crippen LogP contribution in [0, 0.1) is 0 Å². The van der Waals surface area contributed by atoms with Gasteiger partial charge >= 0.3 is 12.1 Å². The standard InChI is InChI=1S/C16H13BrF3NO5S2/c17-14-5-4-13(27-14)12(22)9-26-15(23)6-7-21-28(24,25)11-3-1-2-10(8-11)16(18,19)20/h1-5,8,21H,6-7,9H2. The van der Waals surface area contributed by atoms with E-state index in [0.29, 0.717) is 10.9 Å². The summed E-state index contributed by atoms with van der Waals surface area (Å²) in [6.07, 6.45) is -5.07. The molecule has 6 nitrogen and oxygen atoms in total. The van der Waals surface area contributed by atoms with Crippen LogP contribution in [0.5, 0.6) is 0 Å². The monoisotopic (exact) mass is 499 g/mol. The summed E-state index contributed by atoms with van der Waals surface area (Å²) >= 11 is 4.37. The number of carbonyl (C=O) groups is 2. The van der Waals surface area contributed by atoms with Gasteiger partial charge in [-0.3, -0.25) is 9.59 Å². The highest BCUT2D eigenvalue weighted by Crippen LogP contribution is 2.30. The third-order valence-electron chi connectivity index (χ3n) is 3.31. The van der Waals surface area contributed by atoms with E-state index in [1.165, 1.54) is 11.3 Å². The fourth-order valence-electron chi connectivity index (χ4n) is 1.96. The summed E-state index contributed by atoms with van der Waals surface area (Å²) in [5.74, 6) is -1.23. The summed E-state index contributed by atoms with van der Waals surface area (Å²) in [5.41, 5.74) is -1.10. The predicted molar refractivity (Wildman–Crippen MR) is 98.6 cm³/mol. The van der Waals surface area contributed by atoms with Crippen LogP contribution >= 0.6 is 27.3 Å². The molecule has 0 bridgehead atoms. The Labute approximate surface area is 170 Å². The topological polar surface area (TPSA) is 89.5 Å². The number of hydrogen-bond acceptors (Lipinski definition) is 6. The molecule has 12 heteroatoms. The quantitative estimate of drug-likeness (QED) is 0.442. The molecule has 1 N–H and O–H groups in total. The van der Waals surface area contributed by atoms with Gasteiger partial charge in [-0.25, -0.2) is 13.1 Å². The van der Waals surface area contributed by atoms with Gasteiger partial charge in [0.05, 0.1) is 25.5 Å². The number of rotatable bonds is 8. The van der Waals surface area contributed by atoms with Crippen molar-refractivity contribution >= 4 is 49.0 Å². The first-order chi connectivity index (χ1) is 13.0. The maximum absolute atomic E-state index is 12.7. The average molecular weight is 500 g/mol. The molecule has 0 saturated heterocycles. The minimum atomic E-state index is -4.68. The second-order valence-corrected chi connectivity index (χ2v) is 9.59. The van der Waals surface area contributed by atoms with Crippen molar-refractivity contribution in [2.45, 2.75) is 17.5 Å². The third kappa shape index (κ3) is 6.40. The number of thiophene rings is 1. The Kier molecular flexibility index (Phi) is 7.37. The van der Waals surface area contributed by atoms with Gasteiger partial charge in [0, 0.05) is 6.54 Å². The highest BCUT2D eigenvalue weighted by atomic mass is 79.9. The normalized spacial score (nSPS) is 12.0. The maximum atomic E-state index is 12.7. The molecule has 0 saturated carbocycles. The molecular formula is C16H13BrF3NO5S2. The van der Waals surface area contributed by atoms with Crippen LogP contribution in [0.25, 0.3) is 0 Å². The molecular weight excluding hydrogens is 487 g/mol. The number of alkyl halides is 3. The van der Waals surface area contributed by atoms with E-state index in [4.69, 9.17) is 4.74 Å². The van der Waals surface area contributed by atoms with Crippen molar-refractivity contribution in [3.8, 4) is 0 Å². The molecule has 0 amide bonds. The fraction of sp³-hybridized carbons (Fsp3) is 0.250. The molecule has 2 rings (SSSR count). The molecule has 0 aliphatic carbocycles. The number of hydrogen-bond donors (Lipinski definition) is 1. The molecule has 0 fully saturated rings. The van der Waals surface area contributed by atoms with Gasteiger partial charge in [-0.2, -0.15) is 13.2 Å². The van der Waals surface area contributed by atoms with Crippen molar-refractivity contribution in [3.63, 3.8) is 0 Å². The van der Waals surface area contributed by atoms with E-state index in [1.807, 2.05) is 4.72 Å². The van der Waals surface area contributed by atoms with Crippen molar-refractivity contribution < 1.29 is 35.9 Å². The van der Waals surface area contributed by atoms with Crippen LogP contribution in [-0.2, 0) is 25.7 Å². The molecule has 0 radical (unpaired) electrons. The number of benzene rings is 1. The molecule has 1 heterocycles. The molecule has 28 heavy (non-hydrogen) atoms. The van der Waals surface area contributed by atoms with Crippen LogP contribution in [0.15, 0.2) is 45.1 Å².